The van der Waals surface area contributed by atoms with Crippen LogP contribution in [-0.4, -0.2) is 36.1 Å². The third-order valence-electron chi connectivity index (χ3n) is 5.07. The molecule has 1 aromatic carbocycles. The van der Waals surface area contributed by atoms with E-state index in [0.717, 1.165) is 30.6 Å². The van der Waals surface area contributed by atoms with Crippen molar-refractivity contribution in [3.63, 3.8) is 0 Å². The highest BCUT2D eigenvalue weighted by molar-refractivity contribution is 5.93. The molecule has 1 aliphatic heterocycles. The number of morpholine rings is 1. The molecule has 1 amide bonds. The monoisotopic (exact) mass is 341 g/mol. The van der Waals surface area contributed by atoms with Crippen LogP contribution < -0.4 is 4.74 Å². The number of amides is 1. The van der Waals surface area contributed by atoms with Crippen LogP contribution in [0.3, 0.4) is 0 Å². The smallest absolute Gasteiger partial charge is 0.290 e. The van der Waals surface area contributed by atoms with E-state index in [1.165, 1.54) is 6.42 Å². The van der Waals surface area contributed by atoms with E-state index < -0.39 is 0 Å². The van der Waals surface area contributed by atoms with E-state index in [1.807, 2.05) is 41.3 Å². The van der Waals surface area contributed by atoms with Gasteiger partial charge in [-0.05, 0) is 31.0 Å². The van der Waals surface area contributed by atoms with Crippen LogP contribution in [0.4, 0.5) is 0 Å². The first kappa shape index (κ1) is 16.2. The number of carbonyl (C=O) groups excluding carboxylic acids is 1. The number of hydrogen-bond donors (Lipinski definition) is 0. The maximum atomic E-state index is 13.1. The number of nitrogens with zero attached hydrogens (tertiary/aromatic N) is 1. The zero-order valence-electron chi connectivity index (χ0n) is 14.2. The number of benzene rings is 1. The van der Waals surface area contributed by atoms with Crippen LogP contribution >= 0.6 is 0 Å². The van der Waals surface area contributed by atoms with E-state index in [0.29, 0.717) is 25.5 Å². The van der Waals surface area contributed by atoms with E-state index in [2.05, 4.69) is 0 Å². The summed E-state index contributed by atoms with van der Waals surface area (Å²) in [6.07, 6.45) is 6.11. The lowest BCUT2D eigenvalue weighted by molar-refractivity contribution is -0.0760. The van der Waals surface area contributed by atoms with Gasteiger partial charge in [0.05, 0.1) is 25.0 Å². The number of furan rings is 1. The summed E-state index contributed by atoms with van der Waals surface area (Å²) in [5, 5.41) is 0. The van der Waals surface area contributed by atoms with Crippen molar-refractivity contribution < 1.29 is 18.7 Å². The average Bonchev–Trinajstić information content (AvgIpc) is 3.15. The summed E-state index contributed by atoms with van der Waals surface area (Å²) in [7, 11) is 0. The zero-order chi connectivity index (χ0) is 17.1. The number of rotatable bonds is 4. The summed E-state index contributed by atoms with van der Waals surface area (Å²) >= 11 is 0. The van der Waals surface area contributed by atoms with E-state index in [-0.39, 0.29) is 18.1 Å². The van der Waals surface area contributed by atoms with Gasteiger partial charge < -0.3 is 18.8 Å². The van der Waals surface area contributed by atoms with Gasteiger partial charge in [-0.15, -0.1) is 0 Å². The second kappa shape index (κ2) is 7.31. The van der Waals surface area contributed by atoms with Gasteiger partial charge in [0.2, 0.25) is 0 Å². The standard InChI is InChI=1S/C20H23NO4/c22-20(21-11-13-23-18-9-5-4-8-17(18)21)19-15(10-12-24-19)14-25-16-6-2-1-3-7-16/h1-3,6-7,10,12,17-18H,4-5,8-9,11,13-14H2. The fourth-order valence-corrected chi connectivity index (χ4v) is 3.79. The summed E-state index contributed by atoms with van der Waals surface area (Å²) in [6.45, 7) is 1.54. The van der Waals surface area contributed by atoms with Crippen LogP contribution in [0.5, 0.6) is 5.75 Å². The molecule has 0 bridgehead atoms. The van der Waals surface area contributed by atoms with Gasteiger partial charge >= 0.3 is 0 Å². The molecule has 1 aromatic heterocycles. The Morgan fingerprint density at radius 1 is 1.16 bits per heavy atom. The zero-order valence-corrected chi connectivity index (χ0v) is 14.2. The number of para-hydroxylation sites is 1. The van der Waals surface area contributed by atoms with E-state index in [9.17, 15) is 4.79 Å². The van der Waals surface area contributed by atoms with Crippen LogP contribution in [0.25, 0.3) is 0 Å². The lowest BCUT2D eigenvalue weighted by atomic mass is 9.90. The van der Waals surface area contributed by atoms with Gasteiger partial charge in [-0.3, -0.25) is 4.79 Å². The van der Waals surface area contributed by atoms with Crippen molar-refractivity contribution in [1.82, 2.24) is 4.90 Å². The number of ether oxygens (including phenoxy) is 2. The molecular weight excluding hydrogens is 318 g/mol. The van der Waals surface area contributed by atoms with E-state index in [1.54, 1.807) is 6.26 Å². The molecule has 0 spiro atoms. The third-order valence-corrected chi connectivity index (χ3v) is 5.07. The Bertz CT molecular complexity index is 709. The summed E-state index contributed by atoms with van der Waals surface area (Å²) in [5.41, 5.74) is 0.785. The van der Waals surface area contributed by atoms with Gasteiger partial charge in [0.15, 0.2) is 5.76 Å². The van der Waals surface area contributed by atoms with Crippen molar-refractivity contribution in [2.24, 2.45) is 0 Å². The SMILES string of the molecule is O=C(c1occc1COc1ccccc1)N1CCOC2CCCCC21. The van der Waals surface area contributed by atoms with Crippen LogP contribution in [0.1, 0.15) is 41.8 Å². The lowest BCUT2D eigenvalue weighted by Crippen LogP contribution is -2.54. The first-order valence-corrected chi connectivity index (χ1v) is 9.00. The molecule has 132 valence electrons. The minimum absolute atomic E-state index is 0.0446. The Morgan fingerprint density at radius 3 is 2.88 bits per heavy atom. The number of hydrogen-bond acceptors (Lipinski definition) is 4. The minimum Gasteiger partial charge on any atom is -0.489 e. The Balaban J connectivity index is 1.48. The molecule has 1 aliphatic carbocycles. The average molecular weight is 341 g/mol. The van der Waals surface area contributed by atoms with E-state index >= 15 is 0 Å². The van der Waals surface area contributed by atoms with Gasteiger partial charge in [0, 0.05) is 12.1 Å². The largest absolute Gasteiger partial charge is 0.489 e. The highest BCUT2D eigenvalue weighted by Gasteiger charge is 2.38. The second-order valence-electron chi connectivity index (χ2n) is 6.64. The molecule has 2 aliphatic rings. The molecule has 5 heteroatoms. The molecule has 0 radical (unpaired) electrons. The molecule has 1 saturated heterocycles. The molecule has 2 fully saturated rings. The van der Waals surface area contributed by atoms with Crippen molar-refractivity contribution in [2.75, 3.05) is 13.2 Å². The first-order chi connectivity index (χ1) is 12.3. The Kier molecular flexibility index (Phi) is 4.74. The van der Waals surface area contributed by atoms with Gasteiger partial charge in [0.25, 0.3) is 5.91 Å². The fraction of sp³-hybridized carbons (Fsp3) is 0.450. The maximum Gasteiger partial charge on any atom is 0.290 e. The highest BCUT2D eigenvalue weighted by atomic mass is 16.5. The summed E-state index contributed by atoms with van der Waals surface area (Å²) < 4.78 is 17.2. The van der Waals surface area contributed by atoms with E-state index in [4.69, 9.17) is 13.9 Å². The maximum absolute atomic E-state index is 13.1. The van der Waals surface area contributed by atoms with Crippen molar-refractivity contribution in [3.05, 3.63) is 54.0 Å². The summed E-state index contributed by atoms with van der Waals surface area (Å²) in [4.78, 5) is 15.0. The second-order valence-corrected chi connectivity index (χ2v) is 6.64. The van der Waals surface area contributed by atoms with Crippen LogP contribution in [-0.2, 0) is 11.3 Å². The van der Waals surface area contributed by atoms with Crippen LogP contribution in [0, 0.1) is 0 Å². The van der Waals surface area contributed by atoms with Gasteiger partial charge in [-0.2, -0.15) is 0 Å². The summed E-state index contributed by atoms with van der Waals surface area (Å²) in [5.74, 6) is 1.12. The fourth-order valence-electron chi connectivity index (χ4n) is 3.79. The molecule has 2 atom stereocenters. The minimum atomic E-state index is -0.0446. The molecule has 0 N–H and O–H groups in total. The molecule has 5 nitrogen and oxygen atoms in total. The third kappa shape index (κ3) is 3.42. The highest BCUT2D eigenvalue weighted by Crippen LogP contribution is 2.30. The van der Waals surface area contributed by atoms with Crippen molar-refractivity contribution in [1.29, 1.82) is 0 Å². The van der Waals surface area contributed by atoms with Crippen molar-refractivity contribution >= 4 is 5.91 Å². The first-order valence-electron chi connectivity index (χ1n) is 9.00. The van der Waals surface area contributed by atoms with Crippen molar-refractivity contribution in [3.8, 4) is 5.75 Å². The Hall–Kier alpha value is -2.27. The lowest BCUT2D eigenvalue weighted by Gasteiger charge is -2.43. The molecule has 25 heavy (non-hydrogen) atoms. The normalized spacial score (nSPS) is 23.1. The van der Waals surface area contributed by atoms with Gasteiger partial charge in [-0.1, -0.05) is 31.0 Å². The van der Waals surface area contributed by atoms with Crippen LogP contribution in [0.15, 0.2) is 47.1 Å². The molecule has 2 unspecified atom stereocenters. The summed E-state index contributed by atoms with van der Waals surface area (Å²) in [6, 6.07) is 11.6. The number of carbonyl (C=O) groups is 1. The Labute approximate surface area is 147 Å². The number of fused-ring (bicyclic) bond motifs is 1. The Morgan fingerprint density at radius 2 is 2.00 bits per heavy atom. The predicted molar refractivity (Wildman–Crippen MR) is 92.5 cm³/mol. The molecule has 2 aromatic rings. The predicted octanol–water partition coefficient (Wildman–Crippen LogP) is 3.64. The molecule has 2 heterocycles. The molecule has 1 saturated carbocycles. The molecule has 4 rings (SSSR count). The van der Waals surface area contributed by atoms with Gasteiger partial charge in [-0.25, -0.2) is 0 Å². The van der Waals surface area contributed by atoms with Gasteiger partial charge in [0.1, 0.15) is 12.4 Å². The quantitative estimate of drug-likeness (QED) is 0.852. The topological polar surface area (TPSA) is 51.9 Å². The van der Waals surface area contributed by atoms with Crippen LogP contribution in [0.2, 0.25) is 0 Å². The molecular formula is C20H23NO4. The van der Waals surface area contributed by atoms with Crippen molar-refractivity contribution in [2.45, 2.75) is 44.4 Å².